The second kappa shape index (κ2) is 5.58. The second-order valence-corrected chi connectivity index (χ2v) is 6.75. The highest BCUT2D eigenvalue weighted by molar-refractivity contribution is 7.18. The molecule has 0 amide bonds. The molecule has 1 aliphatic rings. The van der Waals surface area contributed by atoms with Crippen molar-refractivity contribution in [1.29, 1.82) is 0 Å². The molecule has 2 heterocycles. The number of aryl methyl sites for hydroxylation is 1. The number of rotatable bonds is 3. The Balaban J connectivity index is 1.81. The van der Waals surface area contributed by atoms with Crippen molar-refractivity contribution in [3.8, 4) is 0 Å². The zero-order valence-electron chi connectivity index (χ0n) is 12.1. The van der Waals surface area contributed by atoms with Crippen LogP contribution in [0.3, 0.4) is 0 Å². The van der Waals surface area contributed by atoms with Crippen LogP contribution < -0.4 is 11.1 Å². The van der Waals surface area contributed by atoms with Gasteiger partial charge in [-0.3, -0.25) is 0 Å². The Morgan fingerprint density at radius 2 is 2.35 bits per heavy atom. The number of nitrogens with zero attached hydrogens (tertiary/aromatic N) is 2. The van der Waals surface area contributed by atoms with E-state index in [-0.39, 0.29) is 0 Å². The Bertz CT molecular complexity index is 607. The molecular weight excluding hydrogens is 268 g/mol. The summed E-state index contributed by atoms with van der Waals surface area (Å²) in [4.78, 5) is 7.04. The number of nitrogens with one attached hydrogen (secondary N) is 1. The Kier molecular flexibility index (Phi) is 3.81. The summed E-state index contributed by atoms with van der Waals surface area (Å²) in [5, 5.41) is 4.70. The van der Waals surface area contributed by atoms with E-state index in [4.69, 9.17) is 5.73 Å². The highest BCUT2D eigenvalue weighted by Crippen LogP contribution is 2.30. The summed E-state index contributed by atoms with van der Waals surface area (Å²) in [7, 11) is 0. The predicted octanol–water partition coefficient (Wildman–Crippen LogP) is 3.08. The fourth-order valence-corrected chi connectivity index (χ4v) is 3.77. The minimum atomic E-state index is 0.489. The lowest BCUT2D eigenvalue weighted by Crippen LogP contribution is -2.41. The molecule has 2 aromatic rings. The summed E-state index contributed by atoms with van der Waals surface area (Å²) < 4.78 is 1.17. The lowest BCUT2D eigenvalue weighted by Gasteiger charge is -2.33. The van der Waals surface area contributed by atoms with Gasteiger partial charge in [-0.1, -0.05) is 6.92 Å². The molecule has 1 atom stereocenters. The van der Waals surface area contributed by atoms with Crippen molar-refractivity contribution >= 4 is 32.9 Å². The molecule has 4 nitrogen and oxygen atoms in total. The Hall–Kier alpha value is -1.33. The van der Waals surface area contributed by atoms with Gasteiger partial charge in [0.25, 0.3) is 0 Å². The molecule has 1 aromatic heterocycles. The van der Waals surface area contributed by atoms with E-state index in [0.717, 1.165) is 35.0 Å². The van der Waals surface area contributed by atoms with E-state index in [0.29, 0.717) is 6.04 Å². The third-order valence-electron chi connectivity index (χ3n) is 3.98. The number of hydrogen-bond acceptors (Lipinski definition) is 5. The van der Waals surface area contributed by atoms with E-state index in [1.165, 1.54) is 24.1 Å². The van der Waals surface area contributed by atoms with Crippen LogP contribution in [-0.2, 0) is 0 Å². The molecular formula is C15H22N4S. The Labute approximate surface area is 124 Å². The average Bonchev–Trinajstić information content (AvgIpc) is 2.78. The van der Waals surface area contributed by atoms with E-state index in [9.17, 15) is 0 Å². The number of nitrogens with two attached hydrogens (primary N) is 1. The monoisotopic (exact) mass is 290 g/mol. The van der Waals surface area contributed by atoms with Crippen LogP contribution in [0.25, 0.3) is 10.2 Å². The van der Waals surface area contributed by atoms with Gasteiger partial charge in [-0.2, -0.15) is 0 Å². The normalized spacial score (nSPS) is 20.4. The highest BCUT2D eigenvalue weighted by atomic mass is 32.1. The van der Waals surface area contributed by atoms with Gasteiger partial charge in [0, 0.05) is 12.6 Å². The van der Waals surface area contributed by atoms with Gasteiger partial charge in [0.05, 0.1) is 26.6 Å². The van der Waals surface area contributed by atoms with Crippen molar-refractivity contribution in [2.24, 2.45) is 0 Å². The number of benzene rings is 1. The third-order valence-corrected chi connectivity index (χ3v) is 4.91. The van der Waals surface area contributed by atoms with Crippen molar-refractivity contribution in [2.75, 3.05) is 30.7 Å². The van der Waals surface area contributed by atoms with Gasteiger partial charge < -0.3 is 16.0 Å². The Morgan fingerprint density at radius 1 is 1.50 bits per heavy atom. The molecule has 0 radical (unpaired) electrons. The SMILES string of the molecule is CCN1CCCC(Nc2cc3nc(C)sc3cc2N)C1. The topological polar surface area (TPSA) is 54.2 Å². The zero-order valence-corrected chi connectivity index (χ0v) is 13.0. The summed E-state index contributed by atoms with van der Waals surface area (Å²) in [6, 6.07) is 4.63. The zero-order chi connectivity index (χ0) is 14.1. The molecule has 3 rings (SSSR count). The predicted molar refractivity (Wildman–Crippen MR) is 87.5 cm³/mol. The minimum absolute atomic E-state index is 0.489. The summed E-state index contributed by atoms with van der Waals surface area (Å²) in [6.45, 7) is 7.70. The quantitative estimate of drug-likeness (QED) is 0.853. The van der Waals surface area contributed by atoms with Crippen LogP contribution in [0.5, 0.6) is 0 Å². The maximum Gasteiger partial charge on any atom is 0.0907 e. The van der Waals surface area contributed by atoms with Crippen LogP contribution in [-0.4, -0.2) is 35.6 Å². The molecule has 20 heavy (non-hydrogen) atoms. The van der Waals surface area contributed by atoms with E-state index in [1.807, 2.05) is 13.0 Å². The van der Waals surface area contributed by atoms with Gasteiger partial charge in [0.1, 0.15) is 0 Å². The van der Waals surface area contributed by atoms with Gasteiger partial charge in [-0.15, -0.1) is 11.3 Å². The molecule has 1 aromatic carbocycles. The molecule has 1 saturated heterocycles. The number of piperidine rings is 1. The van der Waals surface area contributed by atoms with Crippen molar-refractivity contribution in [3.05, 3.63) is 17.1 Å². The first-order valence-corrected chi connectivity index (χ1v) is 8.13. The molecule has 5 heteroatoms. The fraction of sp³-hybridized carbons (Fsp3) is 0.533. The minimum Gasteiger partial charge on any atom is -0.397 e. The second-order valence-electron chi connectivity index (χ2n) is 5.52. The first-order valence-electron chi connectivity index (χ1n) is 7.31. The molecule has 0 aliphatic carbocycles. The van der Waals surface area contributed by atoms with Crippen LogP contribution in [0.15, 0.2) is 12.1 Å². The van der Waals surface area contributed by atoms with Crippen molar-refractivity contribution in [2.45, 2.75) is 32.7 Å². The Morgan fingerprint density at radius 3 is 3.15 bits per heavy atom. The standard InChI is InChI=1S/C15H22N4S/c1-3-19-6-4-5-11(9-19)18-13-8-14-15(7-12(13)16)20-10(2)17-14/h7-8,11,18H,3-6,9,16H2,1-2H3. The van der Waals surface area contributed by atoms with E-state index >= 15 is 0 Å². The number of likely N-dealkylation sites (N-methyl/N-ethyl adjacent to an activating group) is 1. The lowest BCUT2D eigenvalue weighted by molar-refractivity contribution is 0.227. The summed E-state index contributed by atoms with van der Waals surface area (Å²) in [5.74, 6) is 0. The molecule has 0 bridgehead atoms. The molecule has 1 aliphatic heterocycles. The first kappa shape index (κ1) is 13.6. The van der Waals surface area contributed by atoms with Crippen LogP contribution in [0.4, 0.5) is 11.4 Å². The summed E-state index contributed by atoms with van der Waals surface area (Å²) in [5.41, 5.74) is 9.09. The van der Waals surface area contributed by atoms with Crippen LogP contribution in [0.2, 0.25) is 0 Å². The van der Waals surface area contributed by atoms with Crippen LogP contribution in [0.1, 0.15) is 24.8 Å². The number of hydrogen-bond donors (Lipinski definition) is 2. The number of aromatic nitrogens is 1. The summed E-state index contributed by atoms with van der Waals surface area (Å²) >= 11 is 1.70. The maximum atomic E-state index is 6.18. The van der Waals surface area contributed by atoms with E-state index in [2.05, 4.69) is 28.2 Å². The van der Waals surface area contributed by atoms with Crippen molar-refractivity contribution < 1.29 is 0 Å². The largest absolute Gasteiger partial charge is 0.397 e. The first-order chi connectivity index (χ1) is 9.65. The van der Waals surface area contributed by atoms with Gasteiger partial charge in [0.15, 0.2) is 0 Å². The van der Waals surface area contributed by atoms with Crippen molar-refractivity contribution in [1.82, 2.24) is 9.88 Å². The molecule has 3 N–H and O–H groups in total. The number of nitrogen functional groups attached to an aromatic ring is 1. The van der Waals surface area contributed by atoms with Gasteiger partial charge >= 0.3 is 0 Å². The van der Waals surface area contributed by atoms with Crippen molar-refractivity contribution in [3.63, 3.8) is 0 Å². The molecule has 1 fully saturated rings. The van der Waals surface area contributed by atoms with Gasteiger partial charge in [-0.05, 0) is 45.0 Å². The molecule has 0 spiro atoms. The molecule has 108 valence electrons. The van der Waals surface area contributed by atoms with Crippen LogP contribution in [0, 0.1) is 6.92 Å². The van der Waals surface area contributed by atoms with E-state index in [1.54, 1.807) is 11.3 Å². The van der Waals surface area contributed by atoms with Gasteiger partial charge in [-0.25, -0.2) is 4.98 Å². The van der Waals surface area contributed by atoms with E-state index < -0.39 is 0 Å². The smallest absolute Gasteiger partial charge is 0.0907 e. The number of likely N-dealkylation sites (tertiary alicyclic amines) is 1. The number of anilines is 2. The molecule has 1 unspecified atom stereocenters. The molecule has 0 saturated carbocycles. The summed E-state index contributed by atoms with van der Waals surface area (Å²) in [6.07, 6.45) is 2.47. The third kappa shape index (κ3) is 2.74. The highest BCUT2D eigenvalue weighted by Gasteiger charge is 2.19. The number of thiazole rings is 1. The average molecular weight is 290 g/mol. The van der Waals surface area contributed by atoms with Crippen LogP contribution >= 0.6 is 11.3 Å². The number of fused-ring (bicyclic) bond motifs is 1. The fourth-order valence-electron chi connectivity index (χ4n) is 2.91. The van der Waals surface area contributed by atoms with Gasteiger partial charge in [0.2, 0.25) is 0 Å². The lowest BCUT2D eigenvalue weighted by atomic mass is 10.1. The maximum absolute atomic E-state index is 6.18.